The van der Waals surface area contributed by atoms with Gasteiger partial charge < -0.3 is 9.42 Å². The lowest BCUT2D eigenvalue weighted by Gasteiger charge is -2.30. The Balaban J connectivity index is 1.68. The lowest BCUT2D eigenvalue weighted by atomic mass is 9.89. The molecule has 1 aromatic heterocycles. The average Bonchev–Trinajstić information content (AvgIpc) is 2.98. The summed E-state index contributed by atoms with van der Waals surface area (Å²) in [6.07, 6.45) is 8.30. The van der Waals surface area contributed by atoms with Gasteiger partial charge in [-0.2, -0.15) is 4.98 Å². The molecule has 2 aliphatic rings. The molecule has 0 N–H and O–H groups in total. The molecule has 1 atom stereocenters. The van der Waals surface area contributed by atoms with Gasteiger partial charge in [-0.05, 0) is 25.7 Å². The fraction of sp³-hybridized carbons (Fsp3) is 0.800. The van der Waals surface area contributed by atoms with Crippen molar-refractivity contribution in [3.05, 3.63) is 11.7 Å². The maximum atomic E-state index is 11.5. The molecule has 110 valence electrons. The van der Waals surface area contributed by atoms with Gasteiger partial charge in [-0.3, -0.25) is 4.79 Å². The zero-order valence-corrected chi connectivity index (χ0v) is 12.2. The van der Waals surface area contributed by atoms with Gasteiger partial charge >= 0.3 is 0 Å². The fourth-order valence-corrected chi connectivity index (χ4v) is 3.40. The van der Waals surface area contributed by atoms with Crippen LogP contribution in [-0.2, 0) is 4.79 Å². The second-order valence-corrected chi connectivity index (χ2v) is 6.13. The lowest BCUT2D eigenvalue weighted by Crippen LogP contribution is -2.37. The van der Waals surface area contributed by atoms with Crippen LogP contribution in [0.15, 0.2) is 4.52 Å². The van der Waals surface area contributed by atoms with Crippen LogP contribution in [0.3, 0.4) is 0 Å². The molecule has 1 aromatic rings. The number of aromatic nitrogens is 2. The Kier molecular flexibility index (Phi) is 4.03. The number of amides is 1. The van der Waals surface area contributed by atoms with Crippen LogP contribution in [0.1, 0.15) is 75.4 Å². The Bertz CT molecular complexity index is 465. The molecule has 2 fully saturated rings. The molecule has 3 rings (SSSR count). The van der Waals surface area contributed by atoms with Gasteiger partial charge in [-0.15, -0.1) is 0 Å². The molecule has 1 saturated heterocycles. The molecule has 5 nitrogen and oxygen atoms in total. The first-order valence-corrected chi connectivity index (χ1v) is 7.83. The van der Waals surface area contributed by atoms with E-state index in [9.17, 15) is 4.79 Å². The van der Waals surface area contributed by atoms with Crippen molar-refractivity contribution in [1.82, 2.24) is 15.0 Å². The van der Waals surface area contributed by atoms with Gasteiger partial charge in [0, 0.05) is 25.9 Å². The highest BCUT2D eigenvalue weighted by Crippen LogP contribution is 2.32. The summed E-state index contributed by atoms with van der Waals surface area (Å²) in [4.78, 5) is 18.0. The third kappa shape index (κ3) is 2.86. The Labute approximate surface area is 119 Å². The van der Waals surface area contributed by atoms with Crippen molar-refractivity contribution in [3.63, 3.8) is 0 Å². The number of rotatable bonds is 2. The molecule has 0 unspecified atom stereocenters. The molecule has 0 bridgehead atoms. The summed E-state index contributed by atoms with van der Waals surface area (Å²) in [6.45, 7) is 3.21. The van der Waals surface area contributed by atoms with Crippen LogP contribution in [-0.4, -0.2) is 34.0 Å². The lowest BCUT2D eigenvalue weighted by molar-refractivity contribution is -0.130. The SMILES string of the molecule is CC(=O)N1CCC[C@@H](c2nc(C3CCCCC3)no2)C1. The van der Waals surface area contributed by atoms with Crippen LogP contribution >= 0.6 is 0 Å². The monoisotopic (exact) mass is 277 g/mol. The Hall–Kier alpha value is -1.39. The highest BCUT2D eigenvalue weighted by atomic mass is 16.5. The van der Waals surface area contributed by atoms with E-state index in [1.54, 1.807) is 6.92 Å². The summed E-state index contributed by atoms with van der Waals surface area (Å²) in [5.74, 6) is 2.46. The number of carbonyl (C=O) groups is 1. The summed E-state index contributed by atoms with van der Waals surface area (Å²) >= 11 is 0. The molecule has 5 heteroatoms. The Morgan fingerprint density at radius 3 is 2.65 bits per heavy atom. The van der Waals surface area contributed by atoms with Crippen molar-refractivity contribution in [1.29, 1.82) is 0 Å². The maximum absolute atomic E-state index is 11.5. The van der Waals surface area contributed by atoms with E-state index in [-0.39, 0.29) is 11.8 Å². The topological polar surface area (TPSA) is 59.2 Å². The zero-order valence-electron chi connectivity index (χ0n) is 12.2. The van der Waals surface area contributed by atoms with E-state index < -0.39 is 0 Å². The molecule has 20 heavy (non-hydrogen) atoms. The fourth-order valence-electron chi connectivity index (χ4n) is 3.40. The van der Waals surface area contributed by atoms with E-state index in [1.807, 2.05) is 4.90 Å². The highest BCUT2D eigenvalue weighted by molar-refractivity contribution is 5.73. The van der Waals surface area contributed by atoms with E-state index in [0.29, 0.717) is 5.92 Å². The van der Waals surface area contributed by atoms with E-state index in [1.165, 1.54) is 32.1 Å². The van der Waals surface area contributed by atoms with E-state index in [0.717, 1.165) is 37.6 Å². The number of carbonyl (C=O) groups excluding carboxylic acids is 1. The molecule has 0 aromatic carbocycles. The molecule has 0 radical (unpaired) electrons. The average molecular weight is 277 g/mol. The predicted molar refractivity (Wildman–Crippen MR) is 74.4 cm³/mol. The van der Waals surface area contributed by atoms with Crippen molar-refractivity contribution in [3.8, 4) is 0 Å². The van der Waals surface area contributed by atoms with Crippen LogP contribution in [0.2, 0.25) is 0 Å². The van der Waals surface area contributed by atoms with Crippen molar-refractivity contribution < 1.29 is 9.32 Å². The summed E-state index contributed by atoms with van der Waals surface area (Å²) in [5.41, 5.74) is 0. The predicted octanol–water partition coefficient (Wildman–Crippen LogP) is 2.84. The first-order chi connectivity index (χ1) is 9.74. The van der Waals surface area contributed by atoms with Crippen molar-refractivity contribution in [2.45, 2.75) is 63.7 Å². The molecular formula is C15H23N3O2. The van der Waals surface area contributed by atoms with Gasteiger partial charge in [0.05, 0.1) is 5.92 Å². The van der Waals surface area contributed by atoms with Gasteiger partial charge in [-0.1, -0.05) is 24.4 Å². The minimum Gasteiger partial charge on any atom is -0.342 e. The van der Waals surface area contributed by atoms with Crippen LogP contribution < -0.4 is 0 Å². The summed E-state index contributed by atoms with van der Waals surface area (Å²) in [5, 5.41) is 4.20. The largest absolute Gasteiger partial charge is 0.342 e. The third-order valence-corrected chi connectivity index (χ3v) is 4.64. The van der Waals surface area contributed by atoms with Gasteiger partial charge in [-0.25, -0.2) is 0 Å². The normalized spacial score (nSPS) is 24.9. The number of hydrogen-bond acceptors (Lipinski definition) is 4. The number of hydrogen-bond donors (Lipinski definition) is 0. The Morgan fingerprint density at radius 1 is 1.15 bits per heavy atom. The van der Waals surface area contributed by atoms with Gasteiger partial charge in [0.25, 0.3) is 0 Å². The smallest absolute Gasteiger partial charge is 0.231 e. The molecule has 1 aliphatic heterocycles. The first-order valence-electron chi connectivity index (χ1n) is 7.83. The van der Waals surface area contributed by atoms with E-state index in [4.69, 9.17) is 4.52 Å². The number of likely N-dealkylation sites (tertiary alicyclic amines) is 1. The second-order valence-electron chi connectivity index (χ2n) is 6.13. The van der Waals surface area contributed by atoms with Crippen LogP contribution in [0, 0.1) is 0 Å². The molecule has 1 aliphatic carbocycles. The van der Waals surface area contributed by atoms with E-state index in [2.05, 4.69) is 10.1 Å². The van der Waals surface area contributed by atoms with E-state index >= 15 is 0 Å². The standard InChI is InChI=1S/C15H23N3O2/c1-11(19)18-9-5-8-13(10-18)15-16-14(17-20-15)12-6-3-2-4-7-12/h12-13H,2-10H2,1H3/t13-/m1/s1. The number of piperidine rings is 1. The maximum Gasteiger partial charge on any atom is 0.231 e. The van der Waals surface area contributed by atoms with Crippen LogP contribution in [0.4, 0.5) is 0 Å². The van der Waals surface area contributed by atoms with Crippen LogP contribution in [0.5, 0.6) is 0 Å². The van der Waals surface area contributed by atoms with Crippen molar-refractivity contribution >= 4 is 5.91 Å². The van der Waals surface area contributed by atoms with Gasteiger partial charge in [0.2, 0.25) is 11.8 Å². The molecule has 1 amide bonds. The number of nitrogens with zero attached hydrogens (tertiary/aromatic N) is 3. The molecule has 1 saturated carbocycles. The van der Waals surface area contributed by atoms with Crippen LogP contribution in [0.25, 0.3) is 0 Å². The first kappa shape index (κ1) is 13.6. The quantitative estimate of drug-likeness (QED) is 0.834. The van der Waals surface area contributed by atoms with Gasteiger partial charge in [0.15, 0.2) is 5.82 Å². The summed E-state index contributed by atoms with van der Waals surface area (Å²) in [6, 6.07) is 0. The molecule has 2 heterocycles. The third-order valence-electron chi connectivity index (χ3n) is 4.64. The zero-order chi connectivity index (χ0) is 13.9. The summed E-state index contributed by atoms with van der Waals surface area (Å²) in [7, 11) is 0. The minimum absolute atomic E-state index is 0.140. The summed E-state index contributed by atoms with van der Waals surface area (Å²) < 4.78 is 5.49. The Morgan fingerprint density at radius 2 is 1.90 bits per heavy atom. The highest BCUT2D eigenvalue weighted by Gasteiger charge is 2.28. The van der Waals surface area contributed by atoms with Gasteiger partial charge in [0.1, 0.15) is 0 Å². The molecular weight excluding hydrogens is 254 g/mol. The van der Waals surface area contributed by atoms with Crippen molar-refractivity contribution in [2.75, 3.05) is 13.1 Å². The minimum atomic E-state index is 0.140. The molecule has 0 spiro atoms. The second kappa shape index (κ2) is 5.94. The van der Waals surface area contributed by atoms with Crippen molar-refractivity contribution in [2.24, 2.45) is 0 Å².